The summed E-state index contributed by atoms with van der Waals surface area (Å²) in [7, 11) is 4.07. The van der Waals surface area contributed by atoms with Crippen molar-refractivity contribution in [2.45, 2.75) is 19.8 Å². The van der Waals surface area contributed by atoms with Crippen molar-refractivity contribution in [3.8, 4) is 0 Å². The summed E-state index contributed by atoms with van der Waals surface area (Å²) in [4.78, 5) is 2.12. The van der Waals surface area contributed by atoms with Gasteiger partial charge in [0, 0.05) is 0 Å². The van der Waals surface area contributed by atoms with E-state index in [1.54, 1.807) is 0 Å². The van der Waals surface area contributed by atoms with Crippen LogP contribution in [0, 0.1) is 0 Å². The molecule has 0 aliphatic carbocycles. The first kappa shape index (κ1) is 17.9. The molecule has 0 saturated heterocycles. The minimum atomic E-state index is 0. The Morgan fingerprint density at radius 1 is 1.33 bits per heavy atom. The van der Waals surface area contributed by atoms with Crippen LogP contribution in [0.5, 0.6) is 0 Å². The molecular formula is C7H18Cl2N2O. The summed E-state index contributed by atoms with van der Waals surface area (Å²) in [5, 5.41) is 11.4. The fourth-order valence-corrected chi connectivity index (χ4v) is 0.701. The van der Waals surface area contributed by atoms with Crippen LogP contribution in [0.15, 0.2) is 5.16 Å². The average molecular weight is 217 g/mol. The van der Waals surface area contributed by atoms with Crippen molar-refractivity contribution in [2.24, 2.45) is 5.16 Å². The molecule has 0 radical (unpaired) electrons. The number of nitrogens with zero attached hydrogens (tertiary/aromatic N) is 2. The molecule has 0 bridgehead atoms. The topological polar surface area (TPSA) is 35.8 Å². The van der Waals surface area contributed by atoms with Crippen LogP contribution in [0.2, 0.25) is 0 Å². The van der Waals surface area contributed by atoms with Crippen LogP contribution in [0.4, 0.5) is 0 Å². The van der Waals surface area contributed by atoms with Gasteiger partial charge in [-0.3, -0.25) is 0 Å². The van der Waals surface area contributed by atoms with Gasteiger partial charge in [-0.1, -0.05) is 5.16 Å². The Bertz CT molecular complexity index is 118. The summed E-state index contributed by atoms with van der Waals surface area (Å²) in [6, 6.07) is 0. The Kier molecular flexibility index (Phi) is 16.5. The van der Waals surface area contributed by atoms with E-state index in [2.05, 4.69) is 10.1 Å². The van der Waals surface area contributed by atoms with Gasteiger partial charge in [-0.2, -0.15) is 0 Å². The van der Waals surface area contributed by atoms with Crippen molar-refractivity contribution < 1.29 is 5.21 Å². The van der Waals surface area contributed by atoms with Crippen molar-refractivity contribution in [3.63, 3.8) is 0 Å². The molecule has 12 heavy (non-hydrogen) atoms. The van der Waals surface area contributed by atoms with Gasteiger partial charge < -0.3 is 10.1 Å². The minimum absolute atomic E-state index is 0. The fourth-order valence-electron chi connectivity index (χ4n) is 0.701. The second-order valence-electron chi connectivity index (χ2n) is 2.74. The molecular weight excluding hydrogens is 199 g/mol. The lowest BCUT2D eigenvalue weighted by atomic mass is 10.2. The Labute approximate surface area is 86.6 Å². The average Bonchev–Trinajstić information content (AvgIpc) is 1.87. The quantitative estimate of drug-likeness (QED) is 0.444. The number of oxime groups is 1. The first-order valence-electron chi connectivity index (χ1n) is 3.49. The minimum Gasteiger partial charge on any atom is -0.411 e. The van der Waals surface area contributed by atoms with Gasteiger partial charge in [-0.25, -0.2) is 0 Å². The van der Waals surface area contributed by atoms with Crippen molar-refractivity contribution in [2.75, 3.05) is 20.6 Å². The third kappa shape index (κ3) is 12.7. The lowest BCUT2D eigenvalue weighted by Crippen LogP contribution is -2.13. The molecule has 0 heterocycles. The van der Waals surface area contributed by atoms with E-state index in [0.717, 1.165) is 25.1 Å². The normalized spacial score (nSPS) is 10.5. The van der Waals surface area contributed by atoms with Crippen LogP contribution < -0.4 is 0 Å². The molecule has 0 spiro atoms. The highest BCUT2D eigenvalue weighted by atomic mass is 35.5. The molecule has 0 aliphatic rings. The van der Waals surface area contributed by atoms with E-state index >= 15 is 0 Å². The van der Waals surface area contributed by atoms with Crippen LogP contribution >= 0.6 is 24.8 Å². The molecule has 0 aromatic rings. The van der Waals surface area contributed by atoms with Gasteiger partial charge in [-0.15, -0.1) is 24.8 Å². The predicted octanol–water partition coefficient (Wildman–Crippen LogP) is 2.02. The molecule has 0 atom stereocenters. The van der Waals surface area contributed by atoms with Gasteiger partial charge in [-0.05, 0) is 40.4 Å². The van der Waals surface area contributed by atoms with E-state index < -0.39 is 0 Å². The third-order valence-corrected chi connectivity index (χ3v) is 1.31. The third-order valence-electron chi connectivity index (χ3n) is 1.31. The van der Waals surface area contributed by atoms with Gasteiger partial charge in [0.1, 0.15) is 0 Å². The lowest BCUT2D eigenvalue weighted by Gasteiger charge is -2.07. The zero-order chi connectivity index (χ0) is 7.98. The molecule has 0 aliphatic heterocycles. The zero-order valence-corrected chi connectivity index (χ0v) is 9.41. The molecule has 0 unspecified atom stereocenters. The Morgan fingerprint density at radius 3 is 2.17 bits per heavy atom. The maximum atomic E-state index is 8.27. The van der Waals surface area contributed by atoms with E-state index in [1.807, 2.05) is 21.0 Å². The van der Waals surface area contributed by atoms with E-state index in [1.165, 1.54) is 0 Å². The van der Waals surface area contributed by atoms with Crippen molar-refractivity contribution in [1.82, 2.24) is 4.90 Å². The SMILES string of the molecule is CC(CCCN(C)C)=NO.Cl.Cl. The van der Waals surface area contributed by atoms with Crippen molar-refractivity contribution in [3.05, 3.63) is 0 Å². The number of hydrogen-bond acceptors (Lipinski definition) is 3. The molecule has 3 nitrogen and oxygen atoms in total. The fraction of sp³-hybridized carbons (Fsp3) is 0.857. The molecule has 0 rings (SSSR count). The Morgan fingerprint density at radius 2 is 1.83 bits per heavy atom. The first-order valence-corrected chi connectivity index (χ1v) is 3.49. The number of halogens is 2. The zero-order valence-electron chi connectivity index (χ0n) is 7.78. The number of rotatable bonds is 4. The van der Waals surface area contributed by atoms with Crippen molar-refractivity contribution in [1.29, 1.82) is 0 Å². The summed E-state index contributed by atoms with van der Waals surface area (Å²) in [5.41, 5.74) is 0.807. The van der Waals surface area contributed by atoms with Crippen molar-refractivity contribution >= 4 is 30.5 Å². The van der Waals surface area contributed by atoms with E-state index in [4.69, 9.17) is 5.21 Å². The van der Waals surface area contributed by atoms with Gasteiger partial charge in [0.25, 0.3) is 0 Å². The Hall–Kier alpha value is 0.01000. The number of hydrogen-bond donors (Lipinski definition) is 1. The van der Waals surface area contributed by atoms with Crippen LogP contribution in [0.25, 0.3) is 0 Å². The molecule has 0 aromatic heterocycles. The maximum Gasteiger partial charge on any atom is 0.0540 e. The molecule has 0 saturated carbocycles. The van der Waals surface area contributed by atoms with Gasteiger partial charge in [0.05, 0.1) is 5.71 Å². The molecule has 0 aromatic carbocycles. The maximum absolute atomic E-state index is 8.27. The standard InChI is InChI=1S/C7H16N2O.2ClH/c1-7(8-10)5-4-6-9(2)3;;/h10H,4-6H2,1-3H3;2*1H. The highest BCUT2D eigenvalue weighted by molar-refractivity contribution is 5.85. The van der Waals surface area contributed by atoms with Crippen LogP contribution in [0.3, 0.4) is 0 Å². The van der Waals surface area contributed by atoms with Gasteiger partial charge >= 0.3 is 0 Å². The lowest BCUT2D eigenvalue weighted by molar-refractivity contribution is 0.316. The summed E-state index contributed by atoms with van der Waals surface area (Å²) in [6.07, 6.45) is 1.94. The molecule has 1 N–H and O–H groups in total. The molecule has 76 valence electrons. The van der Waals surface area contributed by atoms with Crippen LogP contribution in [-0.4, -0.2) is 36.5 Å². The molecule has 0 amide bonds. The highest BCUT2D eigenvalue weighted by Crippen LogP contribution is 1.92. The second-order valence-corrected chi connectivity index (χ2v) is 2.74. The van der Waals surface area contributed by atoms with Gasteiger partial charge in [0.15, 0.2) is 0 Å². The molecule has 0 fully saturated rings. The highest BCUT2D eigenvalue weighted by Gasteiger charge is 1.93. The predicted molar refractivity (Wildman–Crippen MR) is 57.2 cm³/mol. The summed E-state index contributed by atoms with van der Waals surface area (Å²) < 4.78 is 0. The van der Waals surface area contributed by atoms with Crippen LogP contribution in [-0.2, 0) is 0 Å². The molecule has 5 heteroatoms. The van der Waals surface area contributed by atoms with Crippen LogP contribution in [0.1, 0.15) is 19.8 Å². The van der Waals surface area contributed by atoms with E-state index in [0.29, 0.717) is 0 Å². The van der Waals surface area contributed by atoms with E-state index in [-0.39, 0.29) is 24.8 Å². The summed E-state index contributed by atoms with van der Waals surface area (Å²) in [5.74, 6) is 0. The first-order chi connectivity index (χ1) is 4.66. The summed E-state index contributed by atoms with van der Waals surface area (Å²) >= 11 is 0. The smallest absolute Gasteiger partial charge is 0.0540 e. The largest absolute Gasteiger partial charge is 0.411 e. The van der Waals surface area contributed by atoms with E-state index in [9.17, 15) is 0 Å². The second kappa shape index (κ2) is 11.0. The van der Waals surface area contributed by atoms with Gasteiger partial charge in [0.2, 0.25) is 0 Å². The Balaban J connectivity index is -0.000000405. The monoisotopic (exact) mass is 216 g/mol. The summed E-state index contributed by atoms with van der Waals surface area (Å²) in [6.45, 7) is 2.88.